The molecule has 0 amide bonds. The minimum absolute atomic E-state index is 0.0429. The second kappa shape index (κ2) is 5.87. The number of furan rings is 1. The Kier molecular flexibility index (Phi) is 4.21. The van der Waals surface area contributed by atoms with E-state index in [0.717, 1.165) is 24.2 Å². The van der Waals surface area contributed by atoms with Gasteiger partial charge in [-0.25, -0.2) is 0 Å². The lowest BCUT2D eigenvalue weighted by Crippen LogP contribution is -2.01. The third-order valence-electron chi connectivity index (χ3n) is 3.19. The number of methoxy groups -OCH3 is 1. The predicted octanol–water partition coefficient (Wildman–Crippen LogP) is 4.74. The van der Waals surface area contributed by atoms with Crippen LogP contribution in [-0.4, -0.2) is 7.11 Å². The van der Waals surface area contributed by atoms with Gasteiger partial charge in [-0.3, -0.25) is 0 Å². The molecule has 0 spiro atoms. The van der Waals surface area contributed by atoms with E-state index in [2.05, 4.69) is 38.1 Å². The molecular formula is C16H20O2. The van der Waals surface area contributed by atoms with E-state index in [9.17, 15) is 0 Å². The molecule has 0 aliphatic heterocycles. The topological polar surface area (TPSA) is 22.4 Å². The van der Waals surface area contributed by atoms with Gasteiger partial charge in [-0.2, -0.15) is 0 Å². The van der Waals surface area contributed by atoms with Gasteiger partial charge < -0.3 is 9.15 Å². The van der Waals surface area contributed by atoms with Gasteiger partial charge in [0.15, 0.2) is 0 Å². The van der Waals surface area contributed by atoms with Crippen LogP contribution in [0.15, 0.2) is 41.0 Å². The number of rotatable bonds is 5. The monoisotopic (exact) mass is 244 g/mol. The van der Waals surface area contributed by atoms with E-state index in [0.29, 0.717) is 0 Å². The second-order valence-electron chi connectivity index (χ2n) is 4.58. The summed E-state index contributed by atoms with van der Waals surface area (Å²) in [7, 11) is 1.74. The first-order valence-corrected chi connectivity index (χ1v) is 6.43. The Morgan fingerprint density at radius 1 is 1.17 bits per heavy atom. The molecule has 0 aliphatic carbocycles. The Hall–Kier alpha value is -1.54. The number of benzene rings is 1. The standard InChI is InChI=1S/C16H20O2/c1-4-5-15(17-3)16-14(10-11-18-16)13-8-6-12(2)7-9-13/h6-11,15H,4-5H2,1-3H3/t15-/m1/s1. The highest BCUT2D eigenvalue weighted by molar-refractivity contribution is 5.66. The molecule has 2 nitrogen and oxygen atoms in total. The molecule has 18 heavy (non-hydrogen) atoms. The number of hydrogen-bond donors (Lipinski definition) is 0. The van der Waals surface area contributed by atoms with E-state index in [-0.39, 0.29) is 6.10 Å². The van der Waals surface area contributed by atoms with Crippen molar-refractivity contribution in [2.45, 2.75) is 32.8 Å². The number of hydrogen-bond acceptors (Lipinski definition) is 2. The Balaban J connectivity index is 2.34. The molecule has 2 heteroatoms. The van der Waals surface area contributed by atoms with Crippen molar-refractivity contribution < 1.29 is 9.15 Å². The molecule has 96 valence electrons. The van der Waals surface area contributed by atoms with Crippen LogP contribution in [0.25, 0.3) is 11.1 Å². The molecule has 1 atom stereocenters. The van der Waals surface area contributed by atoms with E-state index in [1.165, 1.54) is 11.1 Å². The van der Waals surface area contributed by atoms with Crippen LogP contribution in [0, 0.1) is 6.92 Å². The zero-order valence-corrected chi connectivity index (χ0v) is 11.3. The largest absolute Gasteiger partial charge is 0.466 e. The maximum Gasteiger partial charge on any atom is 0.140 e. The van der Waals surface area contributed by atoms with Crippen molar-refractivity contribution in [1.82, 2.24) is 0 Å². The molecule has 0 unspecified atom stereocenters. The zero-order valence-electron chi connectivity index (χ0n) is 11.3. The van der Waals surface area contributed by atoms with Crippen LogP contribution < -0.4 is 0 Å². The zero-order chi connectivity index (χ0) is 13.0. The molecule has 2 rings (SSSR count). The SMILES string of the molecule is CCC[C@@H](OC)c1occc1-c1ccc(C)cc1. The van der Waals surface area contributed by atoms with Crippen molar-refractivity contribution >= 4 is 0 Å². The van der Waals surface area contributed by atoms with Crippen molar-refractivity contribution in [2.75, 3.05) is 7.11 Å². The highest BCUT2D eigenvalue weighted by Crippen LogP contribution is 2.33. The van der Waals surface area contributed by atoms with Crippen LogP contribution in [0.5, 0.6) is 0 Å². The fraction of sp³-hybridized carbons (Fsp3) is 0.375. The molecule has 0 N–H and O–H groups in total. The Morgan fingerprint density at radius 2 is 1.89 bits per heavy atom. The van der Waals surface area contributed by atoms with Crippen LogP contribution in [0.1, 0.15) is 37.2 Å². The summed E-state index contributed by atoms with van der Waals surface area (Å²) in [4.78, 5) is 0. The fourth-order valence-corrected chi connectivity index (χ4v) is 2.16. The third kappa shape index (κ3) is 2.65. The smallest absolute Gasteiger partial charge is 0.140 e. The maximum absolute atomic E-state index is 5.63. The molecular weight excluding hydrogens is 224 g/mol. The lowest BCUT2D eigenvalue weighted by atomic mass is 10.0. The Labute approximate surface area is 109 Å². The molecule has 1 aromatic heterocycles. The van der Waals surface area contributed by atoms with E-state index < -0.39 is 0 Å². The van der Waals surface area contributed by atoms with E-state index in [1.807, 2.05) is 6.07 Å². The van der Waals surface area contributed by atoms with Crippen molar-refractivity contribution in [3.8, 4) is 11.1 Å². The van der Waals surface area contributed by atoms with Crippen molar-refractivity contribution in [1.29, 1.82) is 0 Å². The summed E-state index contributed by atoms with van der Waals surface area (Å²) in [5, 5.41) is 0. The van der Waals surface area contributed by atoms with Gasteiger partial charge in [-0.1, -0.05) is 43.2 Å². The van der Waals surface area contributed by atoms with Crippen molar-refractivity contribution in [3.63, 3.8) is 0 Å². The lowest BCUT2D eigenvalue weighted by molar-refractivity contribution is 0.0766. The van der Waals surface area contributed by atoms with Gasteiger partial charge >= 0.3 is 0 Å². The van der Waals surface area contributed by atoms with Gasteiger partial charge in [0.1, 0.15) is 11.9 Å². The van der Waals surface area contributed by atoms with Gasteiger partial charge in [0.05, 0.1) is 6.26 Å². The first-order valence-electron chi connectivity index (χ1n) is 6.43. The van der Waals surface area contributed by atoms with Crippen LogP contribution in [0.2, 0.25) is 0 Å². The van der Waals surface area contributed by atoms with Gasteiger partial charge in [0.25, 0.3) is 0 Å². The summed E-state index contributed by atoms with van der Waals surface area (Å²) in [6.07, 6.45) is 3.84. The van der Waals surface area contributed by atoms with Crippen LogP contribution in [0.3, 0.4) is 0 Å². The van der Waals surface area contributed by atoms with E-state index in [1.54, 1.807) is 13.4 Å². The molecule has 0 fully saturated rings. The summed E-state index contributed by atoms with van der Waals surface area (Å²) in [6, 6.07) is 10.5. The van der Waals surface area contributed by atoms with Gasteiger partial charge in [-0.15, -0.1) is 0 Å². The van der Waals surface area contributed by atoms with Crippen LogP contribution in [0.4, 0.5) is 0 Å². The molecule has 0 saturated carbocycles. The number of ether oxygens (including phenoxy) is 1. The summed E-state index contributed by atoms with van der Waals surface area (Å²) >= 11 is 0. The highest BCUT2D eigenvalue weighted by atomic mass is 16.5. The molecule has 0 bridgehead atoms. The van der Waals surface area contributed by atoms with Crippen molar-refractivity contribution in [2.24, 2.45) is 0 Å². The lowest BCUT2D eigenvalue weighted by Gasteiger charge is -2.14. The molecule has 2 aromatic rings. The van der Waals surface area contributed by atoms with Crippen molar-refractivity contribution in [3.05, 3.63) is 47.9 Å². The highest BCUT2D eigenvalue weighted by Gasteiger charge is 2.18. The maximum atomic E-state index is 5.63. The Morgan fingerprint density at radius 3 is 2.50 bits per heavy atom. The average Bonchev–Trinajstić information content (AvgIpc) is 2.86. The third-order valence-corrected chi connectivity index (χ3v) is 3.19. The van der Waals surface area contributed by atoms with E-state index >= 15 is 0 Å². The summed E-state index contributed by atoms with van der Waals surface area (Å²) in [5.74, 6) is 0.934. The summed E-state index contributed by atoms with van der Waals surface area (Å²) < 4.78 is 11.2. The van der Waals surface area contributed by atoms with Gasteiger partial charge in [-0.05, 0) is 25.0 Å². The minimum Gasteiger partial charge on any atom is -0.466 e. The molecule has 1 heterocycles. The summed E-state index contributed by atoms with van der Waals surface area (Å²) in [5.41, 5.74) is 3.58. The van der Waals surface area contributed by atoms with E-state index in [4.69, 9.17) is 9.15 Å². The molecule has 0 saturated heterocycles. The second-order valence-corrected chi connectivity index (χ2v) is 4.58. The first kappa shape index (κ1) is 12.9. The van der Waals surface area contributed by atoms with Crippen LogP contribution in [-0.2, 0) is 4.74 Å². The quantitative estimate of drug-likeness (QED) is 0.757. The number of aryl methyl sites for hydroxylation is 1. The molecule has 0 aliphatic rings. The fourth-order valence-electron chi connectivity index (χ4n) is 2.16. The minimum atomic E-state index is 0.0429. The molecule has 0 radical (unpaired) electrons. The predicted molar refractivity (Wildman–Crippen MR) is 73.5 cm³/mol. The first-order chi connectivity index (χ1) is 8.76. The van der Waals surface area contributed by atoms with Crippen LogP contribution >= 0.6 is 0 Å². The molecule has 1 aromatic carbocycles. The summed E-state index contributed by atoms with van der Waals surface area (Å²) in [6.45, 7) is 4.25. The normalized spacial score (nSPS) is 12.6. The van der Waals surface area contributed by atoms with Gasteiger partial charge in [0, 0.05) is 12.7 Å². The van der Waals surface area contributed by atoms with Gasteiger partial charge in [0.2, 0.25) is 0 Å². The average molecular weight is 244 g/mol. The Bertz CT molecular complexity index is 482.